The van der Waals surface area contributed by atoms with Gasteiger partial charge in [0.15, 0.2) is 11.5 Å². The van der Waals surface area contributed by atoms with Crippen LogP contribution < -0.4 is 9.47 Å². The van der Waals surface area contributed by atoms with Crippen LogP contribution in [0.1, 0.15) is 394 Å². The van der Waals surface area contributed by atoms with Gasteiger partial charge in [-0.1, -0.05) is 394 Å². The zero-order valence-corrected chi connectivity index (χ0v) is 75.7. The summed E-state index contributed by atoms with van der Waals surface area (Å²) in [6.07, 6.45) is 8.87. The van der Waals surface area contributed by atoms with Crippen molar-refractivity contribution in [3.05, 3.63) is 169 Å². The average molecular weight is 1540 g/mol. The fourth-order valence-electron chi connectivity index (χ4n) is 9.74. The molecule has 0 radical (unpaired) electrons. The molecule has 6 heterocycles. The maximum atomic E-state index is 5.84. The van der Waals surface area contributed by atoms with E-state index in [0.29, 0.717) is 24.0 Å². The van der Waals surface area contributed by atoms with Crippen molar-refractivity contribution in [2.24, 2.45) is 10.8 Å². The number of hydrogen-bond donors (Lipinski definition) is 0. The van der Waals surface area contributed by atoms with Crippen LogP contribution >= 0.6 is 56.7 Å². The number of rotatable bonds is 3. The molecule has 606 valence electrons. The van der Waals surface area contributed by atoms with E-state index in [1.807, 2.05) is 84.4 Å². The molecule has 0 fully saturated rings. The van der Waals surface area contributed by atoms with Gasteiger partial charge in [0, 0.05) is 49.8 Å². The van der Waals surface area contributed by atoms with Crippen molar-refractivity contribution in [1.82, 2.24) is 0 Å². The minimum absolute atomic E-state index is 0. The SMILES string of the molecule is C.C.C.C.C.C.CC.CC.CC(C)(C)/C=C/c1ccc(/C=C/C(C)(C)C)cc1.CC(C)(C)c1ccc(-c2ccc(C(C)(C)C)s2)s1.CC(C)(C)c1ccc(C(C)(C)C)cc1.CC(C)(C)c1ccc(C(C)(C)C)s1.CC(C)(C)c1sc(C(C)(C)C)c2c1OCCO2.Cc1c(C(C)(C)C)sc(C(C)(C)C)c1C. The molecule has 0 N–H and O–H groups in total. The van der Waals surface area contributed by atoms with Crippen LogP contribution in [0.2, 0.25) is 0 Å². The summed E-state index contributed by atoms with van der Waals surface area (Å²) in [7, 11) is 0. The minimum Gasteiger partial charge on any atom is -0.485 e. The average Bonchev–Trinajstić information content (AvgIpc) is 1.63. The number of ether oxygens (including phenoxy) is 2. The standard InChI is InChI=1S/C18H26.C16H22S2.C14H22O2S.C14H24S.C14H22.C12H20S.2C2H6.6CH4/c1-17(2,3)13-11-15-7-9-16(10-8-15)12-14-18(4,5)6;1-15(2,3)13-9-7-11(17-13)12-8-10-14(18-12)16(4,5)6;1-13(2,3)11-9-10(16-8-7-15-9)12(17-11)14(4,5)6;1-9-10(2)12(14(6,7)8)15-11(9)13(3,4)5;1-13(2,3)11-7-9-12(10-8-11)14(4,5)6;1-11(2,3)9-7-8-10(13-9)12(4,5)6;2*1-2;;;;;;/h7-14H,1-6H3;7-10H,1-6H3;7-8H2,1-6H3;1-8H3;7-10H,1-6H3;7-8H,1-6H3;2*1-2H3;6*1H4/b13-11+,14-12+;;;;;;;;;;;;;. The van der Waals surface area contributed by atoms with E-state index >= 15 is 0 Å². The highest BCUT2D eigenvalue weighted by atomic mass is 32.1. The van der Waals surface area contributed by atoms with Gasteiger partial charge in [-0.2, -0.15) is 0 Å². The van der Waals surface area contributed by atoms with Crippen molar-refractivity contribution < 1.29 is 9.47 Å². The summed E-state index contributed by atoms with van der Waals surface area (Å²) < 4.78 is 11.7. The van der Waals surface area contributed by atoms with Gasteiger partial charge in [0.25, 0.3) is 0 Å². The van der Waals surface area contributed by atoms with Crippen LogP contribution in [0.15, 0.2) is 97.1 Å². The van der Waals surface area contributed by atoms with Crippen LogP contribution in [-0.2, 0) is 54.1 Å². The first kappa shape index (κ1) is 112. The van der Waals surface area contributed by atoms with Crippen molar-refractivity contribution in [3.63, 3.8) is 0 Å². The molecule has 105 heavy (non-hydrogen) atoms. The van der Waals surface area contributed by atoms with Crippen LogP contribution in [0, 0.1) is 24.7 Å². The monoisotopic (exact) mass is 1540 g/mol. The van der Waals surface area contributed by atoms with Crippen LogP contribution in [-0.4, -0.2) is 13.2 Å². The van der Waals surface area contributed by atoms with Gasteiger partial charge in [0.05, 0.1) is 9.75 Å². The van der Waals surface area contributed by atoms with Gasteiger partial charge in [-0.3, -0.25) is 0 Å². The van der Waals surface area contributed by atoms with Gasteiger partial charge in [-0.25, -0.2) is 0 Å². The molecular formula is C98H172O2S5. The molecule has 0 amide bonds. The summed E-state index contributed by atoms with van der Waals surface area (Å²) in [5, 5.41) is 0. The highest BCUT2D eigenvalue weighted by Gasteiger charge is 2.35. The van der Waals surface area contributed by atoms with Gasteiger partial charge in [-0.05, 0) is 138 Å². The van der Waals surface area contributed by atoms with Crippen molar-refractivity contribution in [3.8, 4) is 21.3 Å². The first-order valence-electron chi connectivity index (χ1n) is 37.0. The lowest BCUT2D eigenvalue weighted by Crippen LogP contribution is -2.19. The second-order valence-electron chi connectivity index (χ2n) is 38.8. The Morgan fingerprint density at radius 2 is 0.476 bits per heavy atom. The lowest BCUT2D eigenvalue weighted by atomic mass is 9.82. The molecule has 0 spiro atoms. The largest absolute Gasteiger partial charge is 0.485 e. The van der Waals surface area contributed by atoms with Crippen LogP contribution in [0.5, 0.6) is 11.5 Å². The second kappa shape index (κ2) is 44.2. The molecule has 8 rings (SSSR count). The lowest BCUT2D eigenvalue weighted by molar-refractivity contribution is 0.167. The van der Waals surface area contributed by atoms with E-state index in [0.717, 1.165) is 11.5 Å². The summed E-state index contributed by atoms with van der Waals surface area (Å²) in [5.41, 5.74) is 11.2. The van der Waals surface area contributed by atoms with Gasteiger partial charge in [0.1, 0.15) is 13.2 Å². The molecular weight excluding hydrogens is 1370 g/mol. The smallest absolute Gasteiger partial charge is 0.176 e. The third-order valence-corrected chi connectivity index (χ3v) is 25.1. The van der Waals surface area contributed by atoms with Crippen molar-refractivity contribution in [1.29, 1.82) is 0 Å². The third-order valence-electron chi connectivity index (χ3n) is 15.7. The minimum atomic E-state index is 0. The van der Waals surface area contributed by atoms with E-state index in [1.165, 1.54) is 72.4 Å². The zero-order valence-electron chi connectivity index (χ0n) is 71.7. The third kappa shape index (κ3) is 38.5. The topological polar surface area (TPSA) is 18.5 Å². The highest BCUT2D eigenvalue weighted by Crippen LogP contribution is 2.53. The van der Waals surface area contributed by atoms with E-state index in [4.69, 9.17) is 9.47 Å². The Labute approximate surface area is 677 Å². The Morgan fingerprint density at radius 1 is 0.257 bits per heavy atom. The fourth-order valence-corrected chi connectivity index (χ4v) is 15.8. The second-order valence-corrected chi connectivity index (χ2v) is 44.1. The molecule has 0 aliphatic carbocycles. The van der Waals surface area contributed by atoms with Gasteiger partial charge in [-0.15, -0.1) is 56.7 Å². The molecule has 0 saturated heterocycles. The van der Waals surface area contributed by atoms with E-state index in [-0.39, 0.29) is 98.7 Å². The van der Waals surface area contributed by atoms with Gasteiger partial charge >= 0.3 is 0 Å². The molecule has 2 nitrogen and oxygen atoms in total. The lowest BCUT2D eigenvalue weighted by Gasteiger charge is -2.23. The Bertz CT molecular complexity index is 3290. The number of benzene rings is 2. The summed E-state index contributed by atoms with van der Waals surface area (Å²) in [6.45, 7) is 95.1. The van der Waals surface area contributed by atoms with E-state index < -0.39 is 0 Å². The Balaban J connectivity index is -0.000000275. The maximum Gasteiger partial charge on any atom is 0.176 e. The quantitative estimate of drug-likeness (QED) is 0.176. The van der Waals surface area contributed by atoms with Crippen LogP contribution in [0.25, 0.3) is 21.9 Å². The number of hydrogen-bond acceptors (Lipinski definition) is 7. The molecule has 0 bridgehead atoms. The highest BCUT2D eigenvalue weighted by molar-refractivity contribution is 7.22. The number of thiophene rings is 5. The van der Waals surface area contributed by atoms with Crippen molar-refractivity contribution in [2.45, 2.75) is 390 Å². The Kier molecular flexibility index (Phi) is 47.1. The first-order chi connectivity index (χ1) is 44.5. The summed E-state index contributed by atoms with van der Waals surface area (Å²) in [6, 6.07) is 31.3. The van der Waals surface area contributed by atoms with Crippen LogP contribution in [0.3, 0.4) is 0 Å². The normalized spacial score (nSPS) is 12.6. The molecule has 1 aliphatic heterocycles. The van der Waals surface area contributed by atoms with Gasteiger partial charge in [0.2, 0.25) is 0 Å². The maximum absolute atomic E-state index is 5.84. The molecule has 2 aromatic carbocycles. The molecule has 5 aromatic heterocycles. The van der Waals surface area contributed by atoms with E-state index in [9.17, 15) is 0 Å². The summed E-state index contributed by atoms with van der Waals surface area (Å²) in [4.78, 5) is 14.4. The Hall–Kier alpha value is -3.98. The van der Waals surface area contributed by atoms with Crippen molar-refractivity contribution >= 4 is 68.8 Å². The first-order valence-corrected chi connectivity index (χ1v) is 41.1. The zero-order chi connectivity index (χ0) is 77.5. The molecule has 7 heteroatoms. The van der Waals surface area contributed by atoms with Gasteiger partial charge < -0.3 is 9.47 Å². The van der Waals surface area contributed by atoms with E-state index in [1.54, 1.807) is 9.75 Å². The summed E-state index contributed by atoms with van der Waals surface area (Å²) in [5.74, 6) is 1.97. The molecule has 7 aromatic rings. The molecule has 0 unspecified atom stereocenters. The van der Waals surface area contributed by atoms with Crippen LogP contribution in [0.4, 0.5) is 0 Å². The van der Waals surface area contributed by atoms with Crippen molar-refractivity contribution in [2.75, 3.05) is 13.2 Å². The number of fused-ring (bicyclic) bond motifs is 1. The summed E-state index contributed by atoms with van der Waals surface area (Å²) >= 11 is 9.64. The molecule has 0 atom stereocenters. The predicted octanol–water partition coefficient (Wildman–Crippen LogP) is 35.4. The number of allylic oxidation sites excluding steroid dienone is 2. The molecule has 0 saturated carbocycles. The molecule has 1 aliphatic rings. The Morgan fingerprint density at radius 3 is 0.657 bits per heavy atom. The fraction of sp³-hybridized carbons (Fsp3) is 0.633. The predicted molar refractivity (Wildman–Crippen MR) is 501 cm³/mol. The van der Waals surface area contributed by atoms with E-state index in [2.05, 4.69) is 372 Å².